The van der Waals surface area contributed by atoms with E-state index in [-0.39, 0.29) is 0 Å². The van der Waals surface area contributed by atoms with Gasteiger partial charge in [-0.05, 0) is 13.8 Å². The summed E-state index contributed by atoms with van der Waals surface area (Å²) in [5, 5.41) is 15.0. The van der Waals surface area contributed by atoms with Gasteiger partial charge in [-0.25, -0.2) is 19.2 Å². The largest absolute Gasteiger partial charge is 0.516 e. The smallest absolute Gasteiger partial charge is 0.450 e. The first-order chi connectivity index (χ1) is 8.67. The second kappa shape index (κ2) is 15.3. The maximum Gasteiger partial charge on any atom is 0.516 e. The van der Waals surface area contributed by atoms with E-state index in [9.17, 15) is 19.2 Å². The van der Waals surface area contributed by atoms with Gasteiger partial charge in [0.05, 0.1) is 13.2 Å². The van der Waals surface area contributed by atoms with Gasteiger partial charge < -0.3 is 35.9 Å². The third-order valence-corrected chi connectivity index (χ3v) is 0.748. The topological polar surface area (TPSA) is 188 Å². The van der Waals surface area contributed by atoms with Gasteiger partial charge in [-0.1, -0.05) is 0 Å². The van der Waals surface area contributed by atoms with Crippen LogP contribution in [0.15, 0.2) is 0 Å². The van der Waals surface area contributed by atoms with Gasteiger partial charge >= 0.3 is 24.5 Å². The molecule has 0 radical (unpaired) electrons. The maximum absolute atomic E-state index is 9.60. The Balaban J connectivity index is -0.000000203. The van der Waals surface area contributed by atoms with Gasteiger partial charge in [0.15, 0.2) is 0 Å². The molecular weight excluding hydrogens is 268 g/mol. The molecule has 0 fully saturated rings. The average molecular weight is 284 g/mol. The lowest BCUT2D eigenvalue weighted by Gasteiger charge is -1.89. The Morgan fingerprint density at radius 1 is 0.842 bits per heavy atom. The zero-order valence-corrected chi connectivity index (χ0v) is 10.3. The molecule has 112 valence electrons. The second-order valence-corrected chi connectivity index (χ2v) is 2.14. The van der Waals surface area contributed by atoms with Gasteiger partial charge in [-0.2, -0.15) is 0 Å². The number of rotatable bonds is 2. The summed E-state index contributed by atoms with van der Waals surface area (Å²) >= 11 is 0. The van der Waals surface area contributed by atoms with Crippen LogP contribution in [0.4, 0.5) is 19.2 Å². The van der Waals surface area contributed by atoms with Crippen molar-refractivity contribution in [2.45, 2.75) is 13.8 Å². The molecule has 2 amide bonds. The van der Waals surface area contributed by atoms with E-state index in [0.29, 0.717) is 13.2 Å². The van der Waals surface area contributed by atoms with Gasteiger partial charge in [0, 0.05) is 0 Å². The lowest BCUT2D eigenvalue weighted by Crippen LogP contribution is -2.11. The predicted molar refractivity (Wildman–Crippen MR) is 59.6 cm³/mol. The number of hydrogen-bond acceptors (Lipinski definition) is 7. The van der Waals surface area contributed by atoms with Crippen LogP contribution >= 0.6 is 0 Å². The minimum absolute atomic E-state index is 0.356. The third kappa shape index (κ3) is 50.8. The van der Waals surface area contributed by atoms with Crippen LogP contribution in [0.5, 0.6) is 0 Å². The van der Waals surface area contributed by atoms with Crippen molar-refractivity contribution in [2.24, 2.45) is 11.5 Å². The van der Waals surface area contributed by atoms with Crippen LogP contribution in [0.3, 0.4) is 0 Å². The van der Waals surface area contributed by atoms with E-state index in [1.165, 1.54) is 0 Å². The number of carbonyl (C=O) groups is 4. The van der Waals surface area contributed by atoms with Crippen LogP contribution in [-0.4, -0.2) is 47.9 Å². The summed E-state index contributed by atoms with van der Waals surface area (Å²) < 4.78 is 11.4. The summed E-state index contributed by atoms with van der Waals surface area (Å²) in [4.78, 5) is 37.6. The molecule has 0 spiro atoms. The van der Waals surface area contributed by atoms with Gasteiger partial charge in [-0.15, -0.1) is 0 Å². The lowest BCUT2D eigenvalue weighted by atomic mass is 10.9. The summed E-state index contributed by atoms with van der Waals surface area (Å²) in [6.45, 7) is 4.11. The molecule has 0 aliphatic rings. The standard InChI is InChI=1S/2C3H7NO2.C2H2O5/c2*1-2-6-3(4)5;3-1(4)7-2(5)6/h2*2H2,1H3,(H2,4,5);(H,3,4)(H,5,6). The van der Waals surface area contributed by atoms with Crippen molar-refractivity contribution in [3.63, 3.8) is 0 Å². The summed E-state index contributed by atoms with van der Waals surface area (Å²) in [6, 6.07) is 0. The third-order valence-electron chi connectivity index (χ3n) is 0.748. The lowest BCUT2D eigenvalue weighted by molar-refractivity contribution is 0.0801. The van der Waals surface area contributed by atoms with Crippen LogP contribution in [0.1, 0.15) is 13.8 Å². The van der Waals surface area contributed by atoms with Crippen molar-refractivity contribution in [1.82, 2.24) is 0 Å². The van der Waals surface area contributed by atoms with Crippen molar-refractivity contribution >= 4 is 24.5 Å². The Morgan fingerprint density at radius 3 is 1.11 bits per heavy atom. The summed E-state index contributed by atoms with van der Waals surface area (Å²) in [6.07, 6.45) is -5.05. The Labute approximate surface area is 108 Å². The van der Waals surface area contributed by atoms with Crippen LogP contribution in [0, 0.1) is 0 Å². The molecule has 0 heterocycles. The summed E-state index contributed by atoms with van der Waals surface area (Å²) in [5.41, 5.74) is 9.08. The molecule has 0 atom stereocenters. The molecule has 6 N–H and O–H groups in total. The number of primary amides is 2. The van der Waals surface area contributed by atoms with Gasteiger partial charge in [0.25, 0.3) is 0 Å². The Kier molecular flexibility index (Phi) is 17.3. The van der Waals surface area contributed by atoms with E-state index in [1.54, 1.807) is 13.8 Å². The molecule has 0 bridgehead atoms. The van der Waals surface area contributed by atoms with Crippen molar-refractivity contribution in [1.29, 1.82) is 0 Å². The van der Waals surface area contributed by atoms with E-state index in [4.69, 9.17) is 10.2 Å². The molecule has 0 saturated carbocycles. The summed E-state index contributed by atoms with van der Waals surface area (Å²) in [7, 11) is 0. The fraction of sp³-hybridized carbons (Fsp3) is 0.500. The minimum Gasteiger partial charge on any atom is -0.450 e. The van der Waals surface area contributed by atoms with Crippen LogP contribution in [0.2, 0.25) is 0 Å². The predicted octanol–water partition coefficient (Wildman–Crippen LogP) is 0.562. The van der Waals surface area contributed by atoms with E-state index in [1.807, 2.05) is 0 Å². The molecule has 19 heavy (non-hydrogen) atoms. The number of ether oxygens (including phenoxy) is 3. The number of amides is 2. The van der Waals surface area contributed by atoms with Crippen LogP contribution in [-0.2, 0) is 14.2 Å². The maximum atomic E-state index is 9.60. The highest BCUT2D eigenvalue weighted by Crippen LogP contribution is 1.73. The molecule has 0 aliphatic carbocycles. The van der Waals surface area contributed by atoms with Crippen LogP contribution in [0.25, 0.3) is 0 Å². The van der Waals surface area contributed by atoms with Crippen molar-refractivity contribution < 1.29 is 43.6 Å². The number of hydrogen-bond donors (Lipinski definition) is 4. The summed E-state index contributed by atoms with van der Waals surface area (Å²) in [5.74, 6) is 0. The molecule has 0 aromatic heterocycles. The number of nitrogens with two attached hydrogens (primary N) is 2. The zero-order valence-electron chi connectivity index (χ0n) is 10.3. The minimum atomic E-state index is -1.81. The number of carboxylic acid groups (broad SMARTS) is 2. The first-order valence-electron chi connectivity index (χ1n) is 4.65. The first-order valence-corrected chi connectivity index (χ1v) is 4.65. The SMILES string of the molecule is CCOC(N)=O.CCOC(N)=O.O=C(O)OC(=O)O. The molecule has 0 aromatic carbocycles. The highest BCUT2D eigenvalue weighted by molar-refractivity contribution is 5.74. The van der Waals surface area contributed by atoms with E-state index in [2.05, 4.69) is 25.7 Å². The van der Waals surface area contributed by atoms with Gasteiger partial charge in [0.1, 0.15) is 0 Å². The molecule has 11 nitrogen and oxygen atoms in total. The van der Waals surface area contributed by atoms with Crippen molar-refractivity contribution in [3.8, 4) is 0 Å². The first kappa shape index (κ1) is 21.6. The van der Waals surface area contributed by atoms with Crippen LogP contribution < -0.4 is 11.5 Å². The van der Waals surface area contributed by atoms with Crippen molar-refractivity contribution in [2.75, 3.05) is 13.2 Å². The monoisotopic (exact) mass is 284 g/mol. The normalized spacial score (nSPS) is 7.47. The average Bonchev–Trinajstić information content (AvgIpc) is 2.15. The molecule has 0 unspecified atom stereocenters. The Bertz CT molecular complexity index is 264. The Hall–Kier alpha value is -2.72. The van der Waals surface area contributed by atoms with E-state index >= 15 is 0 Å². The molecule has 0 rings (SSSR count). The fourth-order valence-corrected chi connectivity index (χ4v) is 0.359. The van der Waals surface area contributed by atoms with Crippen molar-refractivity contribution in [3.05, 3.63) is 0 Å². The molecule has 0 saturated heterocycles. The fourth-order valence-electron chi connectivity index (χ4n) is 0.359. The van der Waals surface area contributed by atoms with E-state index < -0.39 is 24.5 Å². The Morgan fingerprint density at radius 2 is 1.11 bits per heavy atom. The highest BCUT2D eigenvalue weighted by Gasteiger charge is 2.01. The number of carbonyl (C=O) groups excluding carboxylic acids is 2. The molecule has 0 aromatic rings. The molecule has 0 aliphatic heterocycles. The zero-order chi connectivity index (χ0) is 15.8. The van der Waals surface area contributed by atoms with Gasteiger partial charge in [-0.3, -0.25) is 0 Å². The van der Waals surface area contributed by atoms with Gasteiger partial charge in [0.2, 0.25) is 0 Å². The molecular formula is C8H16N2O9. The highest BCUT2D eigenvalue weighted by atomic mass is 16.7. The van der Waals surface area contributed by atoms with E-state index in [0.717, 1.165) is 0 Å². The second-order valence-electron chi connectivity index (χ2n) is 2.14. The quantitative estimate of drug-likeness (QED) is 0.319. The molecule has 11 heteroatoms.